The van der Waals surface area contributed by atoms with E-state index in [9.17, 15) is 14.4 Å². The minimum absolute atomic E-state index is 0.164. The second-order valence-corrected chi connectivity index (χ2v) is 6.91. The van der Waals surface area contributed by atoms with Crippen LogP contribution in [0.25, 0.3) is 0 Å². The summed E-state index contributed by atoms with van der Waals surface area (Å²) < 4.78 is 0. The molecule has 6 nitrogen and oxygen atoms in total. The molecule has 23 heavy (non-hydrogen) atoms. The molecule has 0 unspecified atom stereocenters. The molecule has 6 heteroatoms. The number of hydrogen-bond donors (Lipinski definition) is 1. The molecule has 0 radical (unpaired) electrons. The maximum Gasteiger partial charge on any atom is 0.270 e. The number of nitrogens with one attached hydrogen (secondary N) is 1. The molecule has 4 atom stereocenters. The average Bonchev–Trinajstić information content (AvgIpc) is 3.18. The van der Waals surface area contributed by atoms with E-state index in [0.717, 1.165) is 17.9 Å². The van der Waals surface area contributed by atoms with Gasteiger partial charge in [-0.15, -0.1) is 0 Å². The smallest absolute Gasteiger partial charge is 0.270 e. The summed E-state index contributed by atoms with van der Waals surface area (Å²) in [5, 5.41) is 0.945. The Morgan fingerprint density at radius 1 is 1.09 bits per heavy atom. The first kappa shape index (κ1) is 13.0. The van der Waals surface area contributed by atoms with Gasteiger partial charge in [0.05, 0.1) is 11.8 Å². The summed E-state index contributed by atoms with van der Waals surface area (Å²) in [5.41, 5.74) is 3.02. The normalized spacial score (nSPS) is 35.0. The Bertz CT molecular complexity index is 735. The van der Waals surface area contributed by atoms with Crippen LogP contribution in [-0.2, 0) is 9.59 Å². The minimum Gasteiger partial charge on any atom is -0.272 e. The molecule has 2 bridgehead atoms. The van der Waals surface area contributed by atoms with Gasteiger partial charge in [0.25, 0.3) is 17.7 Å². The summed E-state index contributed by atoms with van der Waals surface area (Å²) in [4.78, 5) is 41.5. The van der Waals surface area contributed by atoms with Crippen LogP contribution in [0.4, 0.5) is 0 Å². The van der Waals surface area contributed by atoms with Gasteiger partial charge in [-0.1, -0.05) is 12.2 Å². The fourth-order valence-corrected chi connectivity index (χ4v) is 4.86. The minimum atomic E-state index is -0.462. The zero-order valence-electron chi connectivity index (χ0n) is 12.3. The van der Waals surface area contributed by atoms with Crippen LogP contribution in [0.3, 0.4) is 0 Å². The van der Waals surface area contributed by atoms with Crippen LogP contribution in [0.1, 0.15) is 23.2 Å². The van der Waals surface area contributed by atoms with Crippen LogP contribution >= 0.6 is 0 Å². The number of rotatable bonds is 2. The van der Waals surface area contributed by atoms with Crippen molar-refractivity contribution in [2.75, 3.05) is 0 Å². The summed E-state index contributed by atoms with van der Waals surface area (Å²) in [5.74, 6) is -1.24. The number of carbonyl (C=O) groups is 3. The van der Waals surface area contributed by atoms with Gasteiger partial charge in [0.15, 0.2) is 0 Å². The number of hydrazine groups is 1. The highest BCUT2D eigenvalue weighted by Crippen LogP contribution is 2.73. The lowest BCUT2D eigenvalue weighted by molar-refractivity contribution is -0.144. The van der Waals surface area contributed by atoms with Gasteiger partial charge >= 0.3 is 0 Å². The largest absolute Gasteiger partial charge is 0.272 e. The van der Waals surface area contributed by atoms with Gasteiger partial charge in [-0.3, -0.25) is 24.8 Å². The Balaban J connectivity index is 1.42. The molecule has 116 valence electrons. The molecule has 1 N–H and O–H groups in total. The molecular formula is C17H15N3O3. The van der Waals surface area contributed by atoms with Gasteiger partial charge in [0, 0.05) is 18.0 Å². The van der Waals surface area contributed by atoms with Gasteiger partial charge in [-0.25, -0.2) is 0 Å². The van der Waals surface area contributed by atoms with E-state index in [1.165, 1.54) is 12.4 Å². The molecule has 2 heterocycles. The van der Waals surface area contributed by atoms with Crippen LogP contribution in [0.15, 0.2) is 36.7 Å². The predicted octanol–water partition coefficient (Wildman–Crippen LogP) is 0.924. The van der Waals surface area contributed by atoms with Crippen molar-refractivity contribution in [3.05, 3.63) is 42.2 Å². The number of carbonyl (C=O) groups excluding carboxylic acids is 3. The number of allylic oxidation sites excluding steroid dienone is 2. The topological polar surface area (TPSA) is 79.4 Å². The van der Waals surface area contributed by atoms with Gasteiger partial charge in [-0.05, 0) is 42.2 Å². The lowest BCUT2D eigenvalue weighted by atomic mass is 9.85. The highest BCUT2D eigenvalue weighted by Gasteiger charge is 2.73. The Morgan fingerprint density at radius 3 is 2.17 bits per heavy atom. The van der Waals surface area contributed by atoms with Crippen molar-refractivity contribution in [2.45, 2.75) is 12.8 Å². The number of pyridine rings is 1. The third kappa shape index (κ3) is 1.48. The molecule has 3 fully saturated rings. The second-order valence-electron chi connectivity index (χ2n) is 6.91. The molecule has 1 aromatic heterocycles. The fraction of sp³-hybridized carbons (Fsp3) is 0.412. The SMILES string of the molecule is O=C(NN1C(=O)[C@@H]2[C@@H](C1=O)[C@@H]1C=C[C@H]2C12CC2)c1ccncc1. The van der Waals surface area contributed by atoms with Gasteiger partial charge in [0.2, 0.25) is 0 Å². The quantitative estimate of drug-likeness (QED) is 0.651. The number of imide groups is 1. The Labute approximate surface area is 132 Å². The third-order valence-corrected chi connectivity index (χ3v) is 6.01. The molecule has 1 spiro atoms. The summed E-state index contributed by atoms with van der Waals surface area (Å²) in [7, 11) is 0. The summed E-state index contributed by atoms with van der Waals surface area (Å²) in [6, 6.07) is 3.09. The van der Waals surface area contributed by atoms with E-state index in [0.29, 0.717) is 5.56 Å². The van der Waals surface area contributed by atoms with Crippen molar-refractivity contribution in [2.24, 2.45) is 29.1 Å². The first-order valence-electron chi connectivity index (χ1n) is 7.91. The zero-order chi connectivity index (χ0) is 15.8. The number of amides is 3. The summed E-state index contributed by atoms with van der Waals surface area (Å²) in [6.45, 7) is 0. The summed E-state index contributed by atoms with van der Waals surface area (Å²) >= 11 is 0. The van der Waals surface area contributed by atoms with Crippen molar-refractivity contribution >= 4 is 17.7 Å². The molecule has 2 saturated carbocycles. The van der Waals surface area contributed by atoms with Crippen LogP contribution in [0.5, 0.6) is 0 Å². The Hall–Kier alpha value is -2.50. The molecule has 3 aliphatic carbocycles. The first-order valence-corrected chi connectivity index (χ1v) is 7.91. The lowest BCUT2D eigenvalue weighted by Crippen LogP contribution is -2.47. The van der Waals surface area contributed by atoms with Crippen molar-refractivity contribution in [1.82, 2.24) is 15.4 Å². The van der Waals surface area contributed by atoms with Crippen molar-refractivity contribution in [3.8, 4) is 0 Å². The molecule has 1 saturated heterocycles. The van der Waals surface area contributed by atoms with E-state index in [1.54, 1.807) is 12.1 Å². The molecule has 5 rings (SSSR count). The number of hydrogen-bond acceptors (Lipinski definition) is 4. The molecule has 1 aliphatic heterocycles. The van der Waals surface area contributed by atoms with Gasteiger partial charge in [-0.2, -0.15) is 5.01 Å². The van der Waals surface area contributed by atoms with Gasteiger partial charge in [0.1, 0.15) is 0 Å². The van der Waals surface area contributed by atoms with Gasteiger partial charge < -0.3 is 0 Å². The molecule has 0 aromatic carbocycles. The first-order chi connectivity index (χ1) is 11.1. The van der Waals surface area contributed by atoms with Crippen molar-refractivity contribution < 1.29 is 14.4 Å². The average molecular weight is 309 g/mol. The molecule has 4 aliphatic rings. The van der Waals surface area contributed by atoms with E-state index in [2.05, 4.69) is 22.6 Å². The van der Waals surface area contributed by atoms with E-state index in [-0.39, 0.29) is 40.9 Å². The highest BCUT2D eigenvalue weighted by molar-refractivity contribution is 6.09. The van der Waals surface area contributed by atoms with Crippen LogP contribution in [0, 0.1) is 29.1 Å². The van der Waals surface area contributed by atoms with Crippen molar-refractivity contribution in [3.63, 3.8) is 0 Å². The standard InChI is InChI=1S/C17H15N3O3/c21-14(9-3-7-18-8-4-9)19-20-15(22)12-10-1-2-11(13(12)16(20)23)17(10)5-6-17/h1-4,7-8,10-13H,5-6H2,(H,19,21)/t10-,11+,12-,13-/m0/s1. The molecule has 3 amide bonds. The highest BCUT2D eigenvalue weighted by atomic mass is 16.2. The Kier molecular flexibility index (Phi) is 2.30. The van der Waals surface area contributed by atoms with E-state index >= 15 is 0 Å². The lowest BCUT2D eigenvalue weighted by Gasteiger charge is -2.21. The zero-order valence-corrected chi connectivity index (χ0v) is 12.3. The maximum atomic E-state index is 12.7. The number of fused-ring (bicyclic) bond motifs is 3. The monoisotopic (exact) mass is 309 g/mol. The van der Waals surface area contributed by atoms with E-state index < -0.39 is 5.91 Å². The second kappa shape index (κ2) is 4.07. The Morgan fingerprint density at radius 2 is 1.65 bits per heavy atom. The fourth-order valence-electron chi connectivity index (χ4n) is 4.86. The number of aromatic nitrogens is 1. The van der Waals surface area contributed by atoms with Crippen LogP contribution < -0.4 is 5.43 Å². The third-order valence-electron chi connectivity index (χ3n) is 6.01. The molecule has 1 aromatic rings. The van der Waals surface area contributed by atoms with Crippen LogP contribution in [-0.4, -0.2) is 27.7 Å². The van der Waals surface area contributed by atoms with E-state index in [4.69, 9.17) is 0 Å². The number of nitrogens with zero attached hydrogens (tertiary/aromatic N) is 2. The van der Waals surface area contributed by atoms with Crippen molar-refractivity contribution in [1.29, 1.82) is 0 Å². The van der Waals surface area contributed by atoms with E-state index in [1.807, 2.05) is 0 Å². The molecular weight excluding hydrogens is 294 g/mol. The predicted molar refractivity (Wildman–Crippen MR) is 78.3 cm³/mol. The summed E-state index contributed by atoms with van der Waals surface area (Å²) in [6.07, 6.45) is 9.42. The maximum absolute atomic E-state index is 12.7. The van der Waals surface area contributed by atoms with Crippen LogP contribution in [0.2, 0.25) is 0 Å².